The molecule has 8 nitrogen and oxygen atoms in total. The highest BCUT2D eigenvalue weighted by Crippen LogP contribution is 2.44. The molecule has 4 N–H and O–H groups in total. The number of aromatic nitrogens is 2. The number of carbonyl (C=O) groups is 1. The van der Waals surface area contributed by atoms with Crippen LogP contribution in [-0.2, 0) is 12.4 Å². The molecule has 1 heterocycles. The smallest absolute Gasteiger partial charge is 0.409 e. The van der Waals surface area contributed by atoms with E-state index < -0.39 is 52.3 Å². The van der Waals surface area contributed by atoms with Crippen molar-refractivity contribution in [2.24, 2.45) is 10.7 Å². The lowest BCUT2D eigenvalue weighted by Crippen LogP contribution is -2.30. The van der Waals surface area contributed by atoms with Crippen LogP contribution in [0.3, 0.4) is 0 Å². The van der Waals surface area contributed by atoms with Crippen molar-refractivity contribution in [2.75, 3.05) is 24.2 Å². The highest BCUT2D eigenvalue weighted by Gasteiger charge is 2.41. The van der Waals surface area contributed by atoms with Crippen LogP contribution in [0, 0.1) is 17.7 Å². The maximum absolute atomic E-state index is 14.0. The molecule has 3 rings (SSSR count). The van der Waals surface area contributed by atoms with Crippen molar-refractivity contribution >= 4 is 29.4 Å². The summed E-state index contributed by atoms with van der Waals surface area (Å²) in [4.78, 5) is 25.1. The first-order valence-electron chi connectivity index (χ1n) is 11.2. The Morgan fingerprint density at radius 2 is 1.76 bits per heavy atom. The first kappa shape index (κ1) is 30.4. The fourth-order valence-electron chi connectivity index (χ4n) is 3.18. The second kappa shape index (κ2) is 12.4. The van der Waals surface area contributed by atoms with E-state index in [9.17, 15) is 35.5 Å². The van der Waals surface area contributed by atoms with E-state index in [1.54, 1.807) is 0 Å². The van der Waals surface area contributed by atoms with Gasteiger partial charge in [-0.25, -0.2) is 19.2 Å². The molecule has 0 atom stereocenters. The van der Waals surface area contributed by atoms with Crippen molar-refractivity contribution in [1.29, 1.82) is 0 Å². The Hall–Kier alpha value is -5.13. The van der Waals surface area contributed by atoms with E-state index in [1.807, 2.05) is 0 Å². The summed E-state index contributed by atoms with van der Waals surface area (Å²) < 4.78 is 101. The number of nitrogens with zero attached hydrogens (tertiary/aromatic N) is 4. The van der Waals surface area contributed by atoms with Gasteiger partial charge in [-0.2, -0.15) is 26.3 Å². The third kappa shape index (κ3) is 7.94. The van der Waals surface area contributed by atoms with Crippen LogP contribution in [0.25, 0.3) is 5.57 Å². The van der Waals surface area contributed by atoms with E-state index in [1.165, 1.54) is 12.4 Å². The van der Waals surface area contributed by atoms with Gasteiger partial charge in [-0.15, -0.1) is 0 Å². The van der Waals surface area contributed by atoms with Crippen LogP contribution in [-0.4, -0.2) is 35.9 Å². The Labute approximate surface area is 228 Å². The van der Waals surface area contributed by atoms with Gasteiger partial charge in [0, 0.05) is 36.3 Å². The molecule has 0 aliphatic carbocycles. The highest BCUT2D eigenvalue weighted by atomic mass is 19.4. The zero-order valence-corrected chi connectivity index (χ0v) is 20.9. The predicted molar refractivity (Wildman–Crippen MR) is 136 cm³/mol. The van der Waals surface area contributed by atoms with Gasteiger partial charge in [0.1, 0.15) is 23.9 Å². The number of nitrogen functional groups attached to an aromatic ring is 1. The average molecular weight is 580 g/mol. The molecule has 15 heteroatoms. The van der Waals surface area contributed by atoms with Crippen molar-refractivity contribution in [1.82, 2.24) is 9.97 Å². The number of nitrogens with two attached hydrogens (primary N) is 2. The molecule has 41 heavy (non-hydrogen) atoms. The molecule has 1 amide bonds. The van der Waals surface area contributed by atoms with Gasteiger partial charge >= 0.3 is 18.4 Å². The van der Waals surface area contributed by atoms with E-state index in [-0.39, 0.29) is 29.8 Å². The maximum atomic E-state index is 14.0. The summed E-state index contributed by atoms with van der Waals surface area (Å²) in [6.07, 6.45) is -7.90. The second-order valence-corrected chi connectivity index (χ2v) is 8.02. The molecule has 0 bridgehead atoms. The molecule has 0 fully saturated rings. The molecule has 0 saturated heterocycles. The Balaban J connectivity index is 2.04. The third-order valence-corrected chi connectivity index (χ3v) is 5.18. The quantitative estimate of drug-likeness (QED) is 0.240. The molecule has 0 unspecified atom stereocenters. The number of rotatable bonds is 5. The van der Waals surface area contributed by atoms with E-state index in [0.29, 0.717) is 12.3 Å². The Kier molecular flexibility index (Phi) is 9.17. The number of amides is 1. The summed E-state index contributed by atoms with van der Waals surface area (Å²) in [7, 11) is 1.11. The van der Waals surface area contributed by atoms with Gasteiger partial charge in [0.2, 0.25) is 0 Å². The van der Waals surface area contributed by atoms with Gasteiger partial charge in [-0.05, 0) is 42.3 Å². The minimum Gasteiger partial charge on any atom is -0.409 e. The number of alkyl halides is 6. The molecule has 214 valence electrons. The van der Waals surface area contributed by atoms with Crippen LogP contribution in [0.2, 0.25) is 0 Å². The van der Waals surface area contributed by atoms with E-state index >= 15 is 0 Å². The van der Waals surface area contributed by atoms with Gasteiger partial charge in [-0.3, -0.25) is 9.89 Å². The number of ether oxygens (including phenoxy) is 1. The Bertz CT molecular complexity index is 1520. The number of allylic oxidation sites excluding steroid dienone is 1. The van der Waals surface area contributed by atoms with Crippen LogP contribution in [0.15, 0.2) is 60.0 Å². The molecule has 0 aliphatic heterocycles. The Morgan fingerprint density at radius 1 is 1.07 bits per heavy atom. The lowest BCUT2D eigenvalue weighted by Gasteiger charge is -2.22. The van der Waals surface area contributed by atoms with Crippen LogP contribution >= 0.6 is 0 Å². The van der Waals surface area contributed by atoms with Crippen molar-refractivity contribution in [2.45, 2.75) is 12.4 Å². The Morgan fingerprint density at radius 3 is 2.32 bits per heavy atom. The van der Waals surface area contributed by atoms with Crippen LogP contribution in [0.4, 0.5) is 47.0 Å². The molecular formula is C26H19F7N6O2. The average Bonchev–Trinajstić information content (AvgIpc) is 2.90. The summed E-state index contributed by atoms with van der Waals surface area (Å²) in [6.45, 7) is -0.267. The molecule has 0 spiro atoms. The molecule has 0 aliphatic rings. The molecular weight excluding hydrogens is 561 g/mol. The standard InChI is InChI=1S/C26H19F7N6O2/c1-39(19-6-4-17(27)5-7-19)24(40)41-23-20(9-16(25(28,29)30)10-21(23)26(31,32)33)15(11-34)12-36-8-2-3-18-13-38-22(35)14-37-18/h4-7,9-14H,8,34H2,1H3,(H2,35,38)/b15-11+,36-12?. The number of anilines is 2. The third-order valence-electron chi connectivity index (χ3n) is 5.18. The highest BCUT2D eigenvalue weighted by molar-refractivity contribution is 6.11. The lowest BCUT2D eigenvalue weighted by molar-refractivity contribution is -0.143. The minimum atomic E-state index is -5.39. The zero-order valence-electron chi connectivity index (χ0n) is 20.9. The van der Waals surface area contributed by atoms with Crippen molar-refractivity contribution in [3.8, 4) is 17.6 Å². The van der Waals surface area contributed by atoms with E-state index in [0.717, 1.165) is 42.4 Å². The van der Waals surface area contributed by atoms with Crippen molar-refractivity contribution in [3.63, 3.8) is 0 Å². The minimum absolute atomic E-state index is 0.0268. The second-order valence-electron chi connectivity index (χ2n) is 8.02. The number of aliphatic imine (C=N–C) groups is 1. The summed E-state index contributed by atoms with van der Waals surface area (Å²) in [5, 5.41) is 0. The SMILES string of the molecule is CN(C(=O)Oc1c(/C(C=NCC#Cc2cnc(N)cn2)=C/N)cc(C(F)(F)F)cc1C(F)(F)F)c1ccc(F)cc1. The van der Waals surface area contributed by atoms with Gasteiger partial charge in [0.15, 0.2) is 5.75 Å². The summed E-state index contributed by atoms with van der Waals surface area (Å²) in [5.41, 5.74) is 6.39. The molecule has 0 saturated carbocycles. The first-order valence-corrected chi connectivity index (χ1v) is 11.2. The molecule has 3 aromatic rings. The van der Waals surface area contributed by atoms with Crippen molar-refractivity contribution < 1.29 is 40.3 Å². The van der Waals surface area contributed by atoms with Crippen LogP contribution < -0.4 is 21.1 Å². The molecule has 0 radical (unpaired) electrons. The lowest BCUT2D eigenvalue weighted by atomic mass is 9.98. The summed E-state index contributed by atoms with van der Waals surface area (Å²) in [5.74, 6) is 3.41. The summed E-state index contributed by atoms with van der Waals surface area (Å²) in [6, 6.07) is 4.41. The number of hydrogen-bond donors (Lipinski definition) is 2. The molecule has 2 aromatic carbocycles. The first-order chi connectivity index (χ1) is 19.2. The van der Waals surface area contributed by atoms with Gasteiger partial charge in [0.25, 0.3) is 0 Å². The predicted octanol–water partition coefficient (Wildman–Crippen LogP) is 5.29. The van der Waals surface area contributed by atoms with E-state index in [4.69, 9.17) is 16.2 Å². The van der Waals surface area contributed by atoms with E-state index in [2.05, 4.69) is 26.8 Å². The normalized spacial score (nSPS) is 12.1. The topological polar surface area (TPSA) is 120 Å². The van der Waals surface area contributed by atoms with Gasteiger partial charge in [-0.1, -0.05) is 5.92 Å². The van der Waals surface area contributed by atoms with Crippen molar-refractivity contribution in [3.05, 3.63) is 83.2 Å². The summed E-state index contributed by atoms with van der Waals surface area (Å²) >= 11 is 0. The maximum Gasteiger partial charge on any atom is 0.420 e. The molecule has 1 aromatic heterocycles. The number of carbonyl (C=O) groups excluding carboxylic acids is 1. The largest absolute Gasteiger partial charge is 0.420 e. The van der Waals surface area contributed by atoms with Crippen LogP contribution in [0.5, 0.6) is 5.75 Å². The van der Waals surface area contributed by atoms with Crippen LogP contribution in [0.1, 0.15) is 22.4 Å². The van der Waals surface area contributed by atoms with Gasteiger partial charge in [0.05, 0.1) is 23.5 Å². The zero-order chi connectivity index (χ0) is 30.4. The van der Waals surface area contributed by atoms with Gasteiger partial charge < -0.3 is 16.2 Å². The number of benzene rings is 2. The number of hydrogen-bond acceptors (Lipinski definition) is 7. The number of halogens is 7. The monoisotopic (exact) mass is 580 g/mol. The fourth-order valence-corrected chi connectivity index (χ4v) is 3.18. The fraction of sp³-hybridized carbons (Fsp3) is 0.154.